The first kappa shape index (κ1) is 18.8. The molecule has 1 atom stereocenters. The first-order chi connectivity index (χ1) is 12.0. The van der Waals surface area contributed by atoms with Gasteiger partial charge in [-0.3, -0.25) is 4.79 Å². The zero-order valence-electron chi connectivity index (χ0n) is 15.5. The third-order valence-electron chi connectivity index (χ3n) is 4.12. The van der Waals surface area contributed by atoms with Crippen LogP contribution in [0.25, 0.3) is 0 Å². The van der Waals surface area contributed by atoms with Crippen molar-refractivity contribution in [3.05, 3.63) is 59.2 Å². The van der Waals surface area contributed by atoms with Crippen LogP contribution in [0.2, 0.25) is 0 Å². The minimum Gasteiger partial charge on any atom is -0.497 e. The lowest BCUT2D eigenvalue weighted by Gasteiger charge is -2.16. The normalized spacial score (nSPS) is 11.7. The first-order valence-corrected chi connectivity index (χ1v) is 8.64. The quantitative estimate of drug-likeness (QED) is 0.742. The van der Waals surface area contributed by atoms with E-state index >= 15 is 0 Å². The van der Waals surface area contributed by atoms with Crippen LogP contribution in [0.4, 0.5) is 0 Å². The van der Waals surface area contributed by atoms with Crippen LogP contribution in [0, 0.1) is 13.8 Å². The van der Waals surface area contributed by atoms with E-state index in [1.807, 2.05) is 56.3 Å². The van der Waals surface area contributed by atoms with E-state index in [2.05, 4.69) is 5.32 Å². The Labute approximate surface area is 150 Å². The molecule has 0 aliphatic rings. The van der Waals surface area contributed by atoms with Gasteiger partial charge in [-0.15, -0.1) is 0 Å². The molecule has 0 heterocycles. The Balaban J connectivity index is 1.74. The van der Waals surface area contributed by atoms with Crippen LogP contribution >= 0.6 is 0 Å². The summed E-state index contributed by atoms with van der Waals surface area (Å²) < 4.78 is 10.9. The molecule has 4 nitrogen and oxygen atoms in total. The molecule has 25 heavy (non-hydrogen) atoms. The number of carbonyl (C=O) groups is 1. The molecule has 0 fully saturated rings. The number of ether oxygens (including phenoxy) is 2. The monoisotopic (exact) mass is 341 g/mol. The van der Waals surface area contributed by atoms with Crippen molar-refractivity contribution in [2.24, 2.45) is 0 Å². The summed E-state index contributed by atoms with van der Waals surface area (Å²) in [5, 5.41) is 2.94. The molecular weight excluding hydrogens is 314 g/mol. The molecule has 0 unspecified atom stereocenters. The number of benzene rings is 2. The van der Waals surface area contributed by atoms with E-state index in [9.17, 15) is 4.79 Å². The maximum absolute atomic E-state index is 12.2. The van der Waals surface area contributed by atoms with Gasteiger partial charge in [0.15, 0.2) is 6.10 Å². The van der Waals surface area contributed by atoms with Gasteiger partial charge >= 0.3 is 0 Å². The van der Waals surface area contributed by atoms with Crippen LogP contribution in [0.1, 0.15) is 30.0 Å². The summed E-state index contributed by atoms with van der Waals surface area (Å²) in [5.74, 6) is 1.53. The van der Waals surface area contributed by atoms with Crippen molar-refractivity contribution in [3.63, 3.8) is 0 Å². The van der Waals surface area contributed by atoms with Crippen molar-refractivity contribution in [2.45, 2.75) is 39.7 Å². The number of hydrogen-bond acceptors (Lipinski definition) is 3. The van der Waals surface area contributed by atoms with Gasteiger partial charge in [0.2, 0.25) is 0 Å². The van der Waals surface area contributed by atoms with Crippen molar-refractivity contribution in [1.82, 2.24) is 5.32 Å². The number of aryl methyl sites for hydroxylation is 3. The van der Waals surface area contributed by atoms with Gasteiger partial charge < -0.3 is 14.8 Å². The van der Waals surface area contributed by atoms with Crippen LogP contribution in [0.15, 0.2) is 42.5 Å². The van der Waals surface area contributed by atoms with Crippen LogP contribution in [-0.2, 0) is 11.2 Å². The summed E-state index contributed by atoms with van der Waals surface area (Å²) in [6, 6.07) is 14.0. The lowest BCUT2D eigenvalue weighted by molar-refractivity contribution is -0.127. The van der Waals surface area contributed by atoms with Gasteiger partial charge in [-0.2, -0.15) is 0 Å². The molecule has 0 spiro atoms. The second-order valence-corrected chi connectivity index (χ2v) is 6.27. The zero-order chi connectivity index (χ0) is 18.2. The Morgan fingerprint density at radius 2 is 1.84 bits per heavy atom. The minimum atomic E-state index is -0.513. The molecule has 0 saturated carbocycles. The van der Waals surface area contributed by atoms with Crippen molar-refractivity contribution in [1.29, 1.82) is 0 Å². The number of hydrogen-bond donors (Lipinski definition) is 1. The van der Waals surface area contributed by atoms with Gasteiger partial charge in [-0.25, -0.2) is 0 Å². The van der Waals surface area contributed by atoms with Gasteiger partial charge in [0.05, 0.1) is 7.11 Å². The average Bonchev–Trinajstić information content (AvgIpc) is 2.62. The van der Waals surface area contributed by atoms with E-state index in [1.54, 1.807) is 14.0 Å². The highest BCUT2D eigenvalue weighted by atomic mass is 16.5. The molecule has 0 bridgehead atoms. The fourth-order valence-corrected chi connectivity index (χ4v) is 2.52. The maximum Gasteiger partial charge on any atom is 0.260 e. The zero-order valence-corrected chi connectivity index (χ0v) is 15.5. The number of rotatable bonds is 8. The Hall–Kier alpha value is -2.49. The average molecular weight is 341 g/mol. The number of methoxy groups -OCH3 is 1. The van der Waals surface area contributed by atoms with E-state index < -0.39 is 6.10 Å². The Bertz CT molecular complexity index is 695. The Morgan fingerprint density at radius 1 is 1.12 bits per heavy atom. The number of carbonyl (C=O) groups excluding carboxylic acids is 1. The minimum absolute atomic E-state index is 0.0874. The van der Waals surface area contributed by atoms with E-state index in [4.69, 9.17) is 9.47 Å². The molecule has 134 valence electrons. The van der Waals surface area contributed by atoms with Gasteiger partial charge in [0, 0.05) is 6.54 Å². The van der Waals surface area contributed by atoms with Crippen molar-refractivity contribution in [3.8, 4) is 11.5 Å². The van der Waals surface area contributed by atoms with Crippen LogP contribution in [0.3, 0.4) is 0 Å². The maximum atomic E-state index is 12.2. The van der Waals surface area contributed by atoms with Crippen molar-refractivity contribution in [2.75, 3.05) is 13.7 Å². The van der Waals surface area contributed by atoms with E-state index in [0.717, 1.165) is 35.5 Å². The van der Waals surface area contributed by atoms with Gasteiger partial charge in [0.1, 0.15) is 11.5 Å². The van der Waals surface area contributed by atoms with Crippen molar-refractivity contribution >= 4 is 5.91 Å². The molecule has 2 aromatic carbocycles. The van der Waals surface area contributed by atoms with Gasteiger partial charge in [0.25, 0.3) is 5.91 Å². The molecule has 0 aromatic heterocycles. The van der Waals surface area contributed by atoms with Crippen LogP contribution in [0.5, 0.6) is 11.5 Å². The predicted molar refractivity (Wildman–Crippen MR) is 100 cm³/mol. The SMILES string of the molecule is COc1ccc(CCCNC(=O)[C@H](C)Oc2cc(C)ccc2C)cc1. The van der Waals surface area contributed by atoms with Crippen LogP contribution < -0.4 is 14.8 Å². The topological polar surface area (TPSA) is 47.6 Å². The first-order valence-electron chi connectivity index (χ1n) is 8.64. The third kappa shape index (κ3) is 5.82. The predicted octanol–water partition coefficient (Wildman–Crippen LogP) is 3.83. The molecule has 4 heteroatoms. The molecule has 0 aliphatic carbocycles. The summed E-state index contributed by atoms with van der Waals surface area (Å²) in [5.41, 5.74) is 3.38. The number of amides is 1. The molecule has 0 radical (unpaired) electrons. The second kappa shape index (κ2) is 9.11. The fourth-order valence-electron chi connectivity index (χ4n) is 2.52. The molecular formula is C21H27NO3. The van der Waals surface area contributed by atoms with E-state index in [-0.39, 0.29) is 5.91 Å². The third-order valence-corrected chi connectivity index (χ3v) is 4.12. The van der Waals surface area contributed by atoms with Gasteiger partial charge in [-0.05, 0) is 68.5 Å². The standard InChI is InChI=1S/C21H27NO3/c1-15-7-8-16(2)20(14-15)25-17(3)21(23)22-13-5-6-18-9-11-19(24-4)12-10-18/h7-12,14,17H,5-6,13H2,1-4H3,(H,22,23)/t17-/m0/s1. The lowest BCUT2D eigenvalue weighted by Crippen LogP contribution is -2.37. The van der Waals surface area contributed by atoms with Gasteiger partial charge in [-0.1, -0.05) is 24.3 Å². The largest absolute Gasteiger partial charge is 0.497 e. The summed E-state index contributed by atoms with van der Waals surface area (Å²) in [6.45, 7) is 6.40. The molecule has 2 aromatic rings. The van der Waals surface area contributed by atoms with E-state index in [0.29, 0.717) is 6.54 Å². The molecule has 1 N–H and O–H groups in total. The Kier molecular flexibility index (Phi) is 6.87. The molecule has 2 rings (SSSR count). The smallest absolute Gasteiger partial charge is 0.260 e. The van der Waals surface area contributed by atoms with E-state index in [1.165, 1.54) is 5.56 Å². The summed E-state index contributed by atoms with van der Waals surface area (Å²) in [6.07, 6.45) is 1.28. The summed E-state index contributed by atoms with van der Waals surface area (Å²) >= 11 is 0. The highest BCUT2D eigenvalue weighted by Crippen LogP contribution is 2.20. The number of nitrogens with one attached hydrogen (secondary N) is 1. The summed E-state index contributed by atoms with van der Waals surface area (Å²) in [7, 11) is 1.66. The fraction of sp³-hybridized carbons (Fsp3) is 0.381. The second-order valence-electron chi connectivity index (χ2n) is 6.27. The molecule has 1 amide bonds. The highest BCUT2D eigenvalue weighted by molar-refractivity contribution is 5.80. The highest BCUT2D eigenvalue weighted by Gasteiger charge is 2.15. The molecule has 0 saturated heterocycles. The molecule has 0 aliphatic heterocycles. The summed E-state index contributed by atoms with van der Waals surface area (Å²) in [4.78, 5) is 12.2. The van der Waals surface area contributed by atoms with Crippen molar-refractivity contribution < 1.29 is 14.3 Å². The lowest BCUT2D eigenvalue weighted by atomic mass is 10.1. The Morgan fingerprint density at radius 3 is 2.52 bits per heavy atom. The van der Waals surface area contributed by atoms with Crippen LogP contribution in [-0.4, -0.2) is 25.7 Å².